The lowest BCUT2D eigenvalue weighted by Gasteiger charge is -2.12. The van der Waals surface area contributed by atoms with Crippen molar-refractivity contribution < 1.29 is 19.8 Å². The van der Waals surface area contributed by atoms with Crippen molar-refractivity contribution in [2.45, 2.75) is 6.92 Å². The fourth-order valence-electron chi connectivity index (χ4n) is 1.89. The van der Waals surface area contributed by atoms with Crippen LogP contribution in [0.1, 0.15) is 26.3 Å². The first-order valence-electron chi connectivity index (χ1n) is 5.38. The third-order valence-electron chi connectivity index (χ3n) is 2.71. The average molecular weight is 258 g/mol. The van der Waals surface area contributed by atoms with Crippen LogP contribution in [0.5, 0.6) is 0 Å². The van der Waals surface area contributed by atoms with E-state index in [0.29, 0.717) is 11.1 Å². The van der Waals surface area contributed by atoms with E-state index in [9.17, 15) is 19.8 Å². The molecule has 0 saturated heterocycles. The summed E-state index contributed by atoms with van der Waals surface area (Å²) in [4.78, 5) is 30.2. The van der Waals surface area contributed by atoms with Crippen LogP contribution in [0.3, 0.4) is 0 Å². The van der Waals surface area contributed by atoms with E-state index in [1.54, 1.807) is 6.92 Å². The van der Waals surface area contributed by atoms with Crippen LogP contribution in [0.25, 0.3) is 11.1 Å². The molecular weight excluding hydrogens is 248 g/mol. The molecule has 0 aliphatic rings. The van der Waals surface area contributed by atoms with Gasteiger partial charge in [0.05, 0.1) is 11.1 Å². The maximum absolute atomic E-state index is 11.4. The molecule has 0 fully saturated rings. The van der Waals surface area contributed by atoms with E-state index in [1.165, 1.54) is 30.9 Å². The maximum atomic E-state index is 11.4. The van der Waals surface area contributed by atoms with Crippen molar-refractivity contribution in [3.8, 4) is 11.1 Å². The summed E-state index contributed by atoms with van der Waals surface area (Å²) in [7, 11) is 0. The summed E-state index contributed by atoms with van der Waals surface area (Å²) >= 11 is 0. The zero-order chi connectivity index (χ0) is 14.0. The van der Waals surface area contributed by atoms with Crippen LogP contribution in [0, 0.1) is 6.92 Å². The van der Waals surface area contributed by atoms with Crippen molar-refractivity contribution in [1.29, 1.82) is 0 Å². The van der Waals surface area contributed by atoms with Crippen LogP contribution < -0.4 is 0 Å². The molecule has 2 rings (SSSR count). The van der Waals surface area contributed by atoms with E-state index in [-0.39, 0.29) is 16.7 Å². The number of aromatic carboxylic acids is 2. The Morgan fingerprint density at radius 2 is 1.68 bits per heavy atom. The molecule has 6 heteroatoms. The molecule has 0 bridgehead atoms. The summed E-state index contributed by atoms with van der Waals surface area (Å²) < 4.78 is 0. The molecule has 0 atom stereocenters. The second kappa shape index (κ2) is 4.85. The van der Waals surface area contributed by atoms with E-state index >= 15 is 0 Å². The number of aryl methyl sites for hydroxylation is 1. The highest BCUT2D eigenvalue weighted by molar-refractivity contribution is 6.05. The predicted molar refractivity (Wildman–Crippen MR) is 66.1 cm³/mol. The molecule has 1 aromatic carbocycles. The minimum atomic E-state index is -1.19. The van der Waals surface area contributed by atoms with Crippen molar-refractivity contribution in [1.82, 2.24) is 9.97 Å². The van der Waals surface area contributed by atoms with Crippen molar-refractivity contribution >= 4 is 11.9 Å². The van der Waals surface area contributed by atoms with E-state index in [0.717, 1.165) is 0 Å². The minimum absolute atomic E-state index is 0.0466. The van der Waals surface area contributed by atoms with Gasteiger partial charge >= 0.3 is 11.9 Å². The van der Waals surface area contributed by atoms with Crippen LogP contribution in [0.2, 0.25) is 0 Å². The number of nitrogens with zero attached hydrogens (tertiary/aromatic N) is 2. The highest BCUT2D eigenvalue weighted by atomic mass is 16.4. The Balaban J connectivity index is 2.85. The number of hydrogen-bond donors (Lipinski definition) is 2. The van der Waals surface area contributed by atoms with Crippen molar-refractivity contribution in [3.05, 3.63) is 47.5 Å². The van der Waals surface area contributed by atoms with Crippen LogP contribution >= 0.6 is 0 Å². The maximum Gasteiger partial charge on any atom is 0.336 e. The standard InChI is InChI=1S/C13H10N2O4/c1-7-2-3-9(12(16)17)11(10(7)13(18)19)8-4-14-6-15-5-8/h2-6H,1H3,(H,16,17)(H,18,19). The van der Waals surface area contributed by atoms with Gasteiger partial charge in [-0.15, -0.1) is 0 Å². The minimum Gasteiger partial charge on any atom is -0.478 e. The summed E-state index contributed by atoms with van der Waals surface area (Å²) in [6.07, 6.45) is 4.07. The fourth-order valence-corrected chi connectivity index (χ4v) is 1.89. The lowest BCUT2D eigenvalue weighted by atomic mass is 9.92. The molecule has 1 aromatic heterocycles. The first kappa shape index (κ1) is 12.7. The number of rotatable bonds is 3. The summed E-state index contributed by atoms with van der Waals surface area (Å²) in [6.45, 7) is 1.61. The highest BCUT2D eigenvalue weighted by Gasteiger charge is 2.22. The molecule has 0 amide bonds. The van der Waals surface area contributed by atoms with Gasteiger partial charge in [-0.1, -0.05) is 6.07 Å². The second-order valence-electron chi connectivity index (χ2n) is 3.92. The number of carboxylic acid groups (broad SMARTS) is 2. The molecule has 0 spiro atoms. The number of carbonyl (C=O) groups is 2. The first-order chi connectivity index (χ1) is 9.02. The van der Waals surface area contributed by atoms with E-state index < -0.39 is 11.9 Å². The van der Waals surface area contributed by atoms with Crippen molar-refractivity contribution in [2.75, 3.05) is 0 Å². The Hall–Kier alpha value is -2.76. The fraction of sp³-hybridized carbons (Fsp3) is 0.0769. The molecule has 0 aliphatic heterocycles. The third kappa shape index (κ3) is 2.28. The Kier molecular flexibility index (Phi) is 3.24. The van der Waals surface area contributed by atoms with Gasteiger partial charge in [-0.3, -0.25) is 0 Å². The van der Waals surface area contributed by atoms with Gasteiger partial charge in [-0.05, 0) is 18.6 Å². The van der Waals surface area contributed by atoms with Gasteiger partial charge < -0.3 is 10.2 Å². The Morgan fingerprint density at radius 1 is 1.05 bits per heavy atom. The number of hydrogen-bond acceptors (Lipinski definition) is 4. The Morgan fingerprint density at radius 3 is 2.21 bits per heavy atom. The van der Waals surface area contributed by atoms with Crippen LogP contribution in [0.4, 0.5) is 0 Å². The lowest BCUT2D eigenvalue weighted by molar-refractivity contribution is 0.0695. The number of benzene rings is 1. The summed E-state index contributed by atoms with van der Waals surface area (Å²) in [6, 6.07) is 2.85. The number of carboxylic acids is 2. The van der Waals surface area contributed by atoms with Gasteiger partial charge in [-0.25, -0.2) is 19.6 Å². The van der Waals surface area contributed by atoms with Crippen molar-refractivity contribution in [2.24, 2.45) is 0 Å². The van der Waals surface area contributed by atoms with Gasteiger partial charge in [-0.2, -0.15) is 0 Å². The zero-order valence-corrected chi connectivity index (χ0v) is 9.99. The van der Waals surface area contributed by atoms with Crippen LogP contribution in [-0.4, -0.2) is 32.1 Å². The first-order valence-corrected chi connectivity index (χ1v) is 5.38. The molecule has 1 heterocycles. The van der Waals surface area contributed by atoms with E-state index in [4.69, 9.17) is 0 Å². The SMILES string of the molecule is Cc1ccc(C(=O)O)c(-c2cncnc2)c1C(=O)O. The predicted octanol–water partition coefficient (Wildman–Crippen LogP) is 1.85. The molecule has 0 saturated carbocycles. The second-order valence-corrected chi connectivity index (χ2v) is 3.92. The molecule has 0 radical (unpaired) electrons. The zero-order valence-electron chi connectivity index (χ0n) is 9.99. The summed E-state index contributed by atoms with van der Waals surface area (Å²) in [5.41, 5.74) is 0.838. The third-order valence-corrected chi connectivity index (χ3v) is 2.71. The van der Waals surface area contributed by atoms with Crippen LogP contribution in [0.15, 0.2) is 30.9 Å². The van der Waals surface area contributed by atoms with Crippen molar-refractivity contribution in [3.63, 3.8) is 0 Å². The van der Waals surface area contributed by atoms with Gasteiger partial charge in [0, 0.05) is 23.5 Å². The van der Waals surface area contributed by atoms with Gasteiger partial charge in [0.1, 0.15) is 6.33 Å². The van der Waals surface area contributed by atoms with Gasteiger partial charge in [0.15, 0.2) is 0 Å². The molecule has 19 heavy (non-hydrogen) atoms. The quantitative estimate of drug-likeness (QED) is 0.871. The average Bonchev–Trinajstić information content (AvgIpc) is 2.38. The highest BCUT2D eigenvalue weighted by Crippen LogP contribution is 2.29. The molecule has 0 unspecified atom stereocenters. The topological polar surface area (TPSA) is 100 Å². The molecule has 6 nitrogen and oxygen atoms in total. The Labute approximate surface area is 108 Å². The molecule has 96 valence electrons. The largest absolute Gasteiger partial charge is 0.478 e. The van der Waals surface area contributed by atoms with Gasteiger partial charge in [0.25, 0.3) is 0 Å². The summed E-state index contributed by atoms with van der Waals surface area (Å²) in [5.74, 6) is -2.37. The van der Waals surface area contributed by atoms with E-state index in [2.05, 4.69) is 9.97 Å². The summed E-state index contributed by atoms with van der Waals surface area (Å²) in [5, 5.41) is 18.5. The molecular formula is C13H10N2O4. The van der Waals surface area contributed by atoms with Gasteiger partial charge in [0.2, 0.25) is 0 Å². The van der Waals surface area contributed by atoms with E-state index in [1.807, 2.05) is 0 Å². The smallest absolute Gasteiger partial charge is 0.336 e. The normalized spacial score (nSPS) is 10.2. The molecule has 2 N–H and O–H groups in total. The molecule has 0 aliphatic carbocycles. The molecule has 2 aromatic rings. The monoisotopic (exact) mass is 258 g/mol. The van der Waals surface area contributed by atoms with Crippen LogP contribution in [-0.2, 0) is 0 Å². The Bertz CT molecular complexity index is 653. The lowest BCUT2D eigenvalue weighted by Crippen LogP contribution is -2.09. The number of aromatic nitrogens is 2.